The predicted molar refractivity (Wildman–Crippen MR) is 74.6 cm³/mol. The molecule has 1 heterocycles. The second kappa shape index (κ2) is 4.87. The maximum atomic E-state index is 13.6. The van der Waals surface area contributed by atoms with Crippen molar-refractivity contribution in [1.82, 2.24) is 10.3 Å². The zero-order valence-electron chi connectivity index (χ0n) is 11.3. The van der Waals surface area contributed by atoms with Crippen LogP contribution in [0, 0.1) is 5.82 Å². The summed E-state index contributed by atoms with van der Waals surface area (Å²) >= 11 is 0. The number of amides is 1. The van der Waals surface area contributed by atoms with Gasteiger partial charge in [0.15, 0.2) is 0 Å². The fraction of sp³-hybridized carbons (Fsp3) is 0.333. The Labute approximate surface area is 120 Å². The molecule has 0 unspecified atom stereocenters. The first-order valence-electron chi connectivity index (χ1n) is 6.81. The third-order valence-electron chi connectivity index (χ3n) is 4.03. The number of halogens is 1. The molecular weight excluding hydrogens is 275 g/mol. The lowest BCUT2D eigenvalue weighted by Crippen LogP contribution is -2.54. The molecule has 6 heteroatoms. The Hall–Kier alpha value is -2.37. The van der Waals surface area contributed by atoms with E-state index in [9.17, 15) is 14.0 Å². The summed E-state index contributed by atoms with van der Waals surface area (Å²) in [4.78, 5) is 26.0. The number of carboxylic acid groups (broad SMARTS) is 1. The van der Waals surface area contributed by atoms with Gasteiger partial charge in [-0.1, -0.05) is 6.07 Å². The molecule has 5 nitrogen and oxygen atoms in total. The highest BCUT2D eigenvalue weighted by atomic mass is 19.1. The molecule has 2 aromatic rings. The van der Waals surface area contributed by atoms with Gasteiger partial charge in [-0.3, -0.25) is 9.59 Å². The average molecular weight is 290 g/mol. The first kappa shape index (κ1) is 13.6. The van der Waals surface area contributed by atoms with Crippen LogP contribution in [-0.4, -0.2) is 27.5 Å². The van der Waals surface area contributed by atoms with Gasteiger partial charge in [0.05, 0.1) is 12.0 Å². The third kappa shape index (κ3) is 2.49. The van der Waals surface area contributed by atoms with Gasteiger partial charge in [-0.15, -0.1) is 0 Å². The monoisotopic (exact) mass is 290 g/mol. The van der Waals surface area contributed by atoms with Crippen LogP contribution < -0.4 is 5.32 Å². The van der Waals surface area contributed by atoms with Gasteiger partial charge in [-0.2, -0.15) is 0 Å². The number of nitrogens with one attached hydrogen (secondary N) is 2. The summed E-state index contributed by atoms with van der Waals surface area (Å²) in [6, 6.07) is 6.03. The van der Waals surface area contributed by atoms with Gasteiger partial charge in [-0.05, 0) is 37.5 Å². The van der Waals surface area contributed by atoms with Gasteiger partial charge in [0.25, 0.3) is 5.91 Å². The highest BCUT2D eigenvalue weighted by Gasteiger charge is 2.40. The second-order valence-corrected chi connectivity index (χ2v) is 5.54. The van der Waals surface area contributed by atoms with Gasteiger partial charge < -0.3 is 15.4 Å². The summed E-state index contributed by atoms with van der Waals surface area (Å²) in [5.74, 6) is -1.73. The Kier molecular flexibility index (Phi) is 3.16. The molecule has 21 heavy (non-hydrogen) atoms. The van der Waals surface area contributed by atoms with E-state index in [4.69, 9.17) is 5.11 Å². The number of benzene rings is 1. The lowest BCUT2D eigenvalue weighted by molar-refractivity contribution is -0.139. The van der Waals surface area contributed by atoms with E-state index in [0.717, 1.165) is 6.42 Å². The number of aromatic amines is 1. The van der Waals surface area contributed by atoms with Crippen LogP contribution in [0.1, 0.15) is 36.2 Å². The summed E-state index contributed by atoms with van der Waals surface area (Å²) in [6.07, 6.45) is 2.11. The zero-order valence-corrected chi connectivity index (χ0v) is 11.3. The van der Waals surface area contributed by atoms with Crippen molar-refractivity contribution in [3.05, 3.63) is 35.8 Å². The summed E-state index contributed by atoms with van der Waals surface area (Å²) in [6.45, 7) is 0. The number of H-pyrrole nitrogens is 1. The fourth-order valence-electron chi connectivity index (χ4n) is 2.79. The van der Waals surface area contributed by atoms with Crippen LogP contribution in [-0.2, 0) is 4.79 Å². The standard InChI is InChI=1S/C15H15FN2O3/c16-10-3-1-4-11-9(10)7-12(17-11)14(21)18-15(5-2-6-15)8-13(19)20/h1,3-4,7,17H,2,5-6,8H2,(H,18,21)(H,19,20). The number of fused-ring (bicyclic) bond motifs is 1. The average Bonchev–Trinajstić information content (AvgIpc) is 2.81. The van der Waals surface area contributed by atoms with Crippen molar-refractivity contribution in [2.45, 2.75) is 31.2 Å². The van der Waals surface area contributed by atoms with E-state index in [-0.39, 0.29) is 12.1 Å². The molecule has 0 spiro atoms. The van der Waals surface area contributed by atoms with Gasteiger partial charge >= 0.3 is 5.97 Å². The van der Waals surface area contributed by atoms with Crippen LogP contribution in [0.5, 0.6) is 0 Å². The van der Waals surface area contributed by atoms with Crippen LogP contribution in [0.2, 0.25) is 0 Å². The van der Waals surface area contributed by atoms with Crippen LogP contribution in [0.25, 0.3) is 10.9 Å². The maximum Gasteiger partial charge on any atom is 0.305 e. The predicted octanol–water partition coefficient (Wildman–Crippen LogP) is 2.43. The van der Waals surface area contributed by atoms with E-state index < -0.39 is 23.2 Å². The lowest BCUT2D eigenvalue weighted by atomic mass is 9.74. The number of aliphatic carboxylic acids is 1. The van der Waals surface area contributed by atoms with Crippen LogP contribution in [0.3, 0.4) is 0 Å². The molecule has 1 aromatic carbocycles. The quantitative estimate of drug-likeness (QED) is 0.808. The molecule has 0 aliphatic heterocycles. The van der Waals surface area contributed by atoms with Crippen molar-refractivity contribution in [3.8, 4) is 0 Å². The van der Waals surface area contributed by atoms with Crippen molar-refractivity contribution in [3.63, 3.8) is 0 Å². The first-order valence-corrected chi connectivity index (χ1v) is 6.81. The van der Waals surface area contributed by atoms with Gasteiger partial charge in [-0.25, -0.2) is 4.39 Å². The summed E-state index contributed by atoms with van der Waals surface area (Å²) in [5, 5.41) is 12.1. The van der Waals surface area contributed by atoms with Gasteiger partial charge in [0.1, 0.15) is 11.5 Å². The van der Waals surface area contributed by atoms with Crippen molar-refractivity contribution < 1.29 is 19.1 Å². The Bertz CT molecular complexity index is 719. The molecular formula is C15H15FN2O3. The molecule has 1 saturated carbocycles. The Morgan fingerprint density at radius 2 is 2.14 bits per heavy atom. The SMILES string of the molecule is O=C(O)CC1(NC(=O)c2cc3c(F)cccc3[nH]2)CCC1. The molecule has 1 aliphatic rings. The number of carbonyl (C=O) groups is 2. The fourth-order valence-corrected chi connectivity index (χ4v) is 2.79. The van der Waals surface area contributed by atoms with Crippen LogP contribution in [0.4, 0.5) is 4.39 Å². The number of carboxylic acids is 1. The van der Waals surface area contributed by atoms with Crippen molar-refractivity contribution in [2.24, 2.45) is 0 Å². The molecule has 0 bridgehead atoms. The number of rotatable bonds is 4. The normalized spacial score (nSPS) is 16.4. The molecule has 3 rings (SSSR count). The van der Waals surface area contributed by atoms with Gasteiger partial charge in [0.2, 0.25) is 0 Å². The minimum absolute atomic E-state index is 0.0900. The summed E-state index contributed by atoms with van der Waals surface area (Å²) in [7, 11) is 0. The maximum absolute atomic E-state index is 13.6. The topological polar surface area (TPSA) is 82.2 Å². The van der Waals surface area contributed by atoms with E-state index in [1.165, 1.54) is 12.1 Å². The van der Waals surface area contributed by atoms with Crippen LogP contribution >= 0.6 is 0 Å². The Morgan fingerprint density at radius 3 is 2.71 bits per heavy atom. The third-order valence-corrected chi connectivity index (χ3v) is 4.03. The van der Waals surface area contributed by atoms with E-state index in [1.54, 1.807) is 12.1 Å². The Morgan fingerprint density at radius 1 is 1.38 bits per heavy atom. The minimum atomic E-state index is -0.933. The van der Waals surface area contributed by atoms with E-state index >= 15 is 0 Å². The molecule has 1 aliphatic carbocycles. The molecule has 1 aromatic heterocycles. The van der Waals surface area contributed by atoms with Crippen molar-refractivity contribution >= 4 is 22.8 Å². The lowest BCUT2D eigenvalue weighted by Gasteiger charge is -2.41. The molecule has 110 valence electrons. The number of hydrogen-bond acceptors (Lipinski definition) is 2. The highest BCUT2D eigenvalue weighted by Crippen LogP contribution is 2.35. The highest BCUT2D eigenvalue weighted by molar-refractivity contribution is 5.98. The summed E-state index contributed by atoms with van der Waals surface area (Å²) in [5.41, 5.74) is 0.117. The number of hydrogen-bond donors (Lipinski definition) is 3. The molecule has 3 N–H and O–H groups in total. The second-order valence-electron chi connectivity index (χ2n) is 5.54. The molecule has 0 radical (unpaired) electrons. The van der Waals surface area contributed by atoms with E-state index in [1.807, 2.05) is 0 Å². The zero-order chi connectivity index (χ0) is 15.0. The van der Waals surface area contributed by atoms with E-state index in [0.29, 0.717) is 23.7 Å². The van der Waals surface area contributed by atoms with Crippen molar-refractivity contribution in [2.75, 3.05) is 0 Å². The molecule has 1 fully saturated rings. The van der Waals surface area contributed by atoms with E-state index in [2.05, 4.69) is 10.3 Å². The summed E-state index contributed by atoms with van der Waals surface area (Å²) < 4.78 is 13.6. The van der Waals surface area contributed by atoms with Gasteiger partial charge in [0, 0.05) is 10.9 Å². The number of carbonyl (C=O) groups excluding carboxylic acids is 1. The molecule has 0 saturated heterocycles. The minimum Gasteiger partial charge on any atom is -0.481 e. The largest absolute Gasteiger partial charge is 0.481 e. The molecule has 1 amide bonds. The Balaban J connectivity index is 1.83. The number of aromatic nitrogens is 1. The smallest absolute Gasteiger partial charge is 0.305 e. The van der Waals surface area contributed by atoms with Crippen molar-refractivity contribution in [1.29, 1.82) is 0 Å². The first-order chi connectivity index (χ1) is 9.99. The van der Waals surface area contributed by atoms with Crippen LogP contribution in [0.15, 0.2) is 24.3 Å². The molecule has 0 atom stereocenters.